The van der Waals surface area contributed by atoms with Crippen LogP contribution in [0.4, 0.5) is 0 Å². The van der Waals surface area contributed by atoms with Crippen LogP contribution in [0.2, 0.25) is 0 Å². The molecular formula is C40H70O4. The van der Waals surface area contributed by atoms with E-state index in [1.807, 2.05) is 0 Å². The number of ether oxygens (including phenoxy) is 2. The molecular weight excluding hydrogens is 544 g/mol. The van der Waals surface area contributed by atoms with Gasteiger partial charge in [0.2, 0.25) is 0 Å². The first-order chi connectivity index (χ1) is 21.0. The summed E-state index contributed by atoms with van der Waals surface area (Å²) in [4.78, 5) is 12.7. The lowest BCUT2D eigenvalue weighted by atomic mass is 9.42. The van der Waals surface area contributed by atoms with Crippen LogP contribution in [0, 0.1) is 46.3 Å². The van der Waals surface area contributed by atoms with Gasteiger partial charge in [-0.05, 0) is 92.3 Å². The van der Waals surface area contributed by atoms with Gasteiger partial charge in [0.05, 0.1) is 6.10 Å². The highest BCUT2D eigenvalue weighted by Gasteiger charge is 2.68. The summed E-state index contributed by atoms with van der Waals surface area (Å²) in [5.41, 5.74) is -0.957. The number of hydrogen-bond donors (Lipinski definition) is 1. The highest BCUT2D eigenvalue weighted by atomic mass is 16.6. The predicted octanol–water partition coefficient (Wildman–Crippen LogP) is 10.5. The third kappa shape index (κ3) is 7.64. The van der Waals surface area contributed by atoms with Crippen LogP contribution in [0.25, 0.3) is 0 Å². The summed E-state index contributed by atoms with van der Waals surface area (Å²) in [7, 11) is 0. The number of aliphatic hydroxyl groups is 1. The fraction of sp³-hybridized carbons (Fsp3) is 0.925. The van der Waals surface area contributed by atoms with Crippen molar-refractivity contribution in [1.29, 1.82) is 0 Å². The largest absolute Gasteiger partial charge is 0.456 e. The molecule has 4 aliphatic rings. The second-order valence-corrected chi connectivity index (χ2v) is 16.8. The van der Waals surface area contributed by atoms with Crippen LogP contribution in [-0.2, 0) is 14.3 Å². The van der Waals surface area contributed by atoms with Gasteiger partial charge in [-0.25, -0.2) is 4.79 Å². The van der Waals surface area contributed by atoms with E-state index in [9.17, 15) is 9.90 Å². The molecule has 4 heteroatoms. The Kier molecular flexibility index (Phi) is 12.9. The van der Waals surface area contributed by atoms with Gasteiger partial charge in [-0.1, -0.05) is 112 Å². The maximum absolute atomic E-state index is 12.7. The topological polar surface area (TPSA) is 55.8 Å². The Bertz CT molecular complexity index is 915. The number of carbonyl (C=O) groups excluding carboxylic acids is 1. The number of hydrogen-bond acceptors (Lipinski definition) is 4. The lowest BCUT2D eigenvalue weighted by Gasteiger charge is -2.65. The zero-order chi connectivity index (χ0) is 32.0. The molecule has 0 radical (unpaired) electrons. The molecule has 10 atom stereocenters. The van der Waals surface area contributed by atoms with Gasteiger partial charge in [-0.3, -0.25) is 0 Å². The zero-order valence-corrected chi connectivity index (χ0v) is 29.7. The number of unbranched alkanes of at least 4 members (excludes halogenated alkanes) is 7. The second-order valence-electron chi connectivity index (χ2n) is 16.8. The summed E-state index contributed by atoms with van der Waals surface area (Å²) in [6.07, 6.45) is 23.6. The van der Waals surface area contributed by atoms with Gasteiger partial charge in [0.1, 0.15) is 11.7 Å². The van der Waals surface area contributed by atoms with Crippen LogP contribution in [-0.4, -0.2) is 35.5 Å². The molecule has 0 spiro atoms. The second kappa shape index (κ2) is 15.8. The van der Waals surface area contributed by atoms with Gasteiger partial charge in [-0.2, -0.15) is 0 Å². The van der Waals surface area contributed by atoms with E-state index in [2.05, 4.69) is 48.1 Å². The molecule has 44 heavy (non-hydrogen) atoms. The average molecular weight is 615 g/mol. The Hall–Kier alpha value is -0.870. The van der Waals surface area contributed by atoms with Gasteiger partial charge in [0.25, 0.3) is 0 Å². The van der Waals surface area contributed by atoms with E-state index in [1.54, 1.807) is 0 Å². The summed E-state index contributed by atoms with van der Waals surface area (Å²) in [5, 5.41) is 12.7. The minimum atomic E-state index is -1.05. The molecule has 0 aromatic carbocycles. The monoisotopic (exact) mass is 615 g/mol. The fourth-order valence-corrected chi connectivity index (χ4v) is 11.2. The van der Waals surface area contributed by atoms with E-state index >= 15 is 0 Å². The summed E-state index contributed by atoms with van der Waals surface area (Å²) < 4.78 is 12.6. The first-order valence-corrected chi connectivity index (χ1v) is 19.2. The number of esters is 1. The molecule has 0 unspecified atom stereocenters. The molecule has 4 nitrogen and oxygen atoms in total. The van der Waals surface area contributed by atoms with Crippen LogP contribution < -0.4 is 0 Å². The van der Waals surface area contributed by atoms with Crippen molar-refractivity contribution in [2.75, 3.05) is 6.61 Å². The fourth-order valence-electron chi connectivity index (χ4n) is 11.2. The maximum Gasteiger partial charge on any atom is 0.330 e. The number of fused-ring (bicyclic) bond motifs is 5. The van der Waals surface area contributed by atoms with E-state index in [4.69, 9.17) is 9.47 Å². The molecule has 4 aliphatic carbocycles. The normalized spacial score (nSPS) is 38.9. The molecule has 0 aromatic heterocycles. The quantitative estimate of drug-likeness (QED) is 0.101. The Morgan fingerprint density at radius 3 is 2.30 bits per heavy atom. The molecule has 254 valence electrons. The van der Waals surface area contributed by atoms with Crippen LogP contribution in [0.3, 0.4) is 0 Å². The summed E-state index contributed by atoms with van der Waals surface area (Å²) >= 11 is 0. The summed E-state index contributed by atoms with van der Waals surface area (Å²) in [6.45, 7) is 18.9. The van der Waals surface area contributed by atoms with Crippen LogP contribution >= 0.6 is 0 Å². The van der Waals surface area contributed by atoms with Crippen molar-refractivity contribution >= 4 is 5.97 Å². The molecule has 4 saturated carbocycles. The zero-order valence-electron chi connectivity index (χ0n) is 29.7. The Morgan fingerprint density at radius 1 is 0.909 bits per heavy atom. The van der Waals surface area contributed by atoms with Crippen LogP contribution in [0.5, 0.6) is 0 Å². The number of carbonyl (C=O) groups is 1. The van der Waals surface area contributed by atoms with Crippen molar-refractivity contribution < 1.29 is 19.4 Å². The molecule has 0 saturated heterocycles. The molecule has 0 aliphatic heterocycles. The third-order valence-corrected chi connectivity index (χ3v) is 13.8. The third-order valence-electron chi connectivity index (χ3n) is 13.8. The Labute approximate surface area is 271 Å². The van der Waals surface area contributed by atoms with E-state index < -0.39 is 17.7 Å². The van der Waals surface area contributed by atoms with Crippen LogP contribution in [0.1, 0.15) is 164 Å². The van der Waals surface area contributed by atoms with E-state index in [1.165, 1.54) is 96.0 Å². The Balaban J connectivity index is 1.42. The highest BCUT2D eigenvalue weighted by Crippen LogP contribution is 2.69. The molecule has 4 rings (SSSR count). The first kappa shape index (κ1) is 36.0. The molecule has 4 fully saturated rings. The van der Waals surface area contributed by atoms with Crippen molar-refractivity contribution in [2.45, 2.75) is 181 Å². The van der Waals surface area contributed by atoms with E-state index in [-0.39, 0.29) is 11.5 Å². The summed E-state index contributed by atoms with van der Waals surface area (Å²) in [5.74, 6) is 3.57. The molecule has 0 bridgehead atoms. The average Bonchev–Trinajstić information content (AvgIpc) is 3.34. The number of rotatable bonds is 17. The van der Waals surface area contributed by atoms with E-state index in [0.717, 1.165) is 50.0 Å². The molecule has 0 amide bonds. The maximum atomic E-state index is 12.7. The summed E-state index contributed by atoms with van der Waals surface area (Å²) in [6, 6.07) is 0. The standard InChI is InChI=1S/C40H70O4/c1-8-10-11-12-13-14-15-16-26-43-31-22-25-39(7)35-23-24-38(6)33(30(5)19-17-18-29(3)4)20-21-34(38)32(35)27-36(40(39,42)28-31)44-37(41)9-2/h9,29-36,42H,2,8,10-28H2,1,3-7H3/t30-,31+,32+,33-,34+,35+,36-,38-,39-,40+/m1/s1. The van der Waals surface area contributed by atoms with Gasteiger partial charge in [0, 0.05) is 24.5 Å². The van der Waals surface area contributed by atoms with E-state index in [0.29, 0.717) is 29.6 Å². The lowest BCUT2D eigenvalue weighted by molar-refractivity contribution is -0.272. The molecule has 0 aromatic rings. The smallest absolute Gasteiger partial charge is 0.330 e. The van der Waals surface area contributed by atoms with Crippen molar-refractivity contribution in [3.63, 3.8) is 0 Å². The van der Waals surface area contributed by atoms with Gasteiger partial charge < -0.3 is 14.6 Å². The van der Waals surface area contributed by atoms with Gasteiger partial charge in [0.15, 0.2) is 0 Å². The minimum absolute atomic E-state index is 0.0375. The highest BCUT2D eigenvalue weighted by molar-refractivity contribution is 5.81. The predicted molar refractivity (Wildman–Crippen MR) is 182 cm³/mol. The first-order valence-electron chi connectivity index (χ1n) is 19.2. The van der Waals surface area contributed by atoms with Crippen molar-refractivity contribution in [2.24, 2.45) is 46.3 Å². The van der Waals surface area contributed by atoms with Crippen molar-refractivity contribution in [1.82, 2.24) is 0 Å². The SMILES string of the molecule is C=CC(=O)O[C@@H]1C[C@H]2[C@@H]3CC[C@H]([C@H](C)CCCC(C)C)[C@@]3(C)CC[C@@H]2[C@@]2(C)CC[C@H](OCCCCCCCCCC)C[C@]12O. The van der Waals surface area contributed by atoms with Crippen molar-refractivity contribution in [3.05, 3.63) is 12.7 Å². The lowest BCUT2D eigenvalue weighted by Crippen LogP contribution is -2.69. The van der Waals surface area contributed by atoms with Gasteiger partial charge in [-0.15, -0.1) is 0 Å². The van der Waals surface area contributed by atoms with Crippen LogP contribution in [0.15, 0.2) is 12.7 Å². The Morgan fingerprint density at radius 2 is 1.61 bits per heavy atom. The molecule has 0 heterocycles. The van der Waals surface area contributed by atoms with Crippen molar-refractivity contribution in [3.8, 4) is 0 Å². The molecule has 1 N–H and O–H groups in total. The van der Waals surface area contributed by atoms with Gasteiger partial charge >= 0.3 is 5.97 Å². The minimum Gasteiger partial charge on any atom is -0.456 e.